The van der Waals surface area contributed by atoms with E-state index >= 15 is 0 Å². The van der Waals surface area contributed by atoms with Crippen molar-refractivity contribution in [2.75, 3.05) is 24.8 Å². The Kier molecular flexibility index (Phi) is 2.57. The number of anilines is 2. The van der Waals surface area contributed by atoms with Crippen molar-refractivity contribution in [3.8, 4) is 6.01 Å². The Morgan fingerprint density at radius 3 is 2.60 bits per heavy atom. The molecule has 0 spiro atoms. The van der Waals surface area contributed by atoms with E-state index in [0.717, 1.165) is 0 Å². The highest BCUT2D eigenvalue weighted by molar-refractivity contribution is 5.36. The van der Waals surface area contributed by atoms with Crippen molar-refractivity contribution in [2.24, 2.45) is 0 Å². The predicted molar refractivity (Wildman–Crippen MR) is 56.8 cm³/mol. The molecule has 1 aromatic heterocycles. The SMILES string of the molecule is COc1nc(N)nc(N(C)C2CCC2)n1. The summed E-state index contributed by atoms with van der Waals surface area (Å²) in [5.74, 6) is 0.784. The van der Waals surface area contributed by atoms with E-state index in [1.807, 2.05) is 11.9 Å². The van der Waals surface area contributed by atoms with Crippen LogP contribution in [-0.4, -0.2) is 35.2 Å². The van der Waals surface area contributed by atoms with E-state index in [-0.39, 0.29) is 12.0 Å². The van der Waals surface area contributed by atoms with Crippen molar-refractivity contribution in [3.63, 3.8) is 0 Å². The number of ether oxygens (including phenoxy) is 1. The molecule has 82 valence electrons. The topological polar surface area (TPSA) is 77.2 Å². The molecule has 1 fully saturated rings. The van der Waals surface area contributed by atoms with Crippen LogP contribution in [0.15, 0.2) is 0 Å². The highest BCUT2D eigenvalue weighted by Crippen LogP contribution is 2.26. The van der Waals surface area contributed by atoms with Gasteiger partial charge < -0.3 is 15.4 Å². The maximum atomic E-state index is 5.56. The minimum absolute atomic E-state index is 0.197. The third kappa shape index (κ3) is 1.93. The first-order valence-electron chi connectivity index (χ1n) is 4.99. The first-order valence-corrected chi connectivity index (χ1v) is 4.99. The van der Waals surface area contributed by atoms with Crippen LogP contribution in [-0.2, 0) is 0 Å². The normalized spacial score (nSPS) is 15.9. The molecule has 6 nitrogen and oxygen atoms in total. The molecular formula is C9H15N5O. The molecule has 0 amide bonds. The first kappa shape index (κ1) is 9.95. The van der Waals surface area contributed by atoms with Gasteiger partial charge in [-0.15, -0.1) is 0 Å². The first-order chi connectivity index (χ1) is 7.20. The molecule has 1 aliphatic rings. The number of hydrogen-bond donors (Lipinski definition) is 1. The van der Waals surface area contributed by atoms with E-state index < -0.39 is 0 Å². The van der Waals surface area contributed by atoms with E-state index in [0.29, 0.717) is 12.0 Å². The summed E-state index contributed by atoms with van der Waals surface area (Å²) < 4.78 is 4.95. The summed E-state index contributed by atoms with van der Waals surface area (Å²) >= 11 is 0. The lowest BCUT2D eigenvalue weighted by Gasteiger charge is -2.34. The predicted octanol–water partition coefficient (Wildman–Crippen LogP) is 0.451. The number of nitrogens with two attached hydrogens (primary N) is 1. The van der Waals surface area contributed by atoms with Gasteiger partial charge in [-0.3, -0.25) is 0 Å². The van der Waals surface area contributed by atoms with Crippen LogP contribution in [0.3, 0.4) is 0 Å². The van der Waals surface area contributed by atoms with Gasteiger partial charge in [-0.2, -0.15) is 15.0 Å². The zero-order valence-electron chi connectivity index (χ0n) is 8.97. The van der Waals surface area contributed by atoms with Gasteiger partial charge in [0.25, 0.3) is 0 Å². The average Bonchev–Trinajstić information content (AvgIpc) is 2.14. The van der Waals surface area contributed by atoms with E-state index in [2.05, 4.69) is 15.0 Å². The lowest BCUT2D eigenvalue weighted by atomic mass is 9.92. The monoisotopic (exact) mass is 209 g/mol. The fourth-order valence-electron chi connectivity index (χ4n) is 1.55. The Labute approximate surface area is 88.5 Å². The third-order valence-corrected chi connectivity index (χ3v) is 2.74. The van der Waals surface area contributed by atoms with Crippen molar-refractivity contribution in [3.05, 3.63) is 0 Å². The molecule has 0 aromatic carbocycles. The summed E-state index contributed by atoms with van der Waals surface area (Å²) in [4.78, 5) is 14.1. The summed E-state index contributed by atoms with van der Waals surface area (Å²) in [6.45, 7) is 0. The van der Waals surface area contributed by atoms with E-state index in [9.17, 15) is 0 Å². The molecule has 0 bridgehead atoms. The minimum atomic E-state index is 0.197. The molecule has 1 saturated carbocycles. The van der Waals surface area contributed by atoms with Crippen molar-refractivity contribution >= 4 is 11.9 Å². The van der Waals surface area contributed by atoms with Crippen molar-refractivity contribution in [1.82, 2.24) is 15.0 Å². The molecular weight excluding hydrogens is 194 g/mol. The van der Waals surface area contributed by atoms with Crippen LogP contribution < -0.4 is 15.4 Å². The van der Waals surface area contributed by atoms with Gasteiger partial charge in [0.1, 0.15) is 0 Å². The fourth-order valence-corrected chi connectivity index (χ4v) is 1.55. The fraction of sp³-hybridized carbons (Fsp3) is 0.667. The second-order valence-electron chi connectivity index (χ2n) is 3.68. The maximum absolute atomic E-state index is 5.56. The number of nitrogen functional groups attached to an aromatic ring is 1. The molecule has 1 aliphatic carbocycles. The molecule has 0 saturated heterocycles. The zero-order valence-corrected chi connectivity index (χ0v) is 8.97. The number of aromatic nitrogens is 3. The summed E-state index contributed by atoms with van der Waals surface area (Å²) in [5.41, 5.74) is 5.56. The molecule has 1 aromatic rings. The van der Waals surface area contributed by atoms with Crippen LogP contribution >= 0.6 is 0 Å². The summed E-state index contributed by atoms with van der Waals surface area (Å²) in [5, 5.41) is 0. The largest absolute Gasteiger partial charge is 0.467 e. The Bertz CT molecular complexity index is 352. The highest BCUT2D eigenvalue weighted by Gasteiger charge is 2.24. The lowest BCUT2D eigenvalue weighted by Crippen LogP contribution is -2.38. The van der Waals surface area contributed by atoms with Gasteiger partial charge in [0.15, 0.2) is 0 Å². The lowest BCUT2D eigenvalue weighted by molar-refractivity contribution is 0.372. The van der Waals surface area contributed by atoms with Gasteiger partial charge >= 0.3 is 6.01 Å². The van der Waals surface area contributed by atoms with Gasteiger partial charge in [-0.1, -0.05) is 0 Å². The molecule has 0 atom stereocenters. The van der Waals surface area contributed by atoms with E-state index in [4.69, 9.17) is 10.5 Å². The van der Waals surface area contributed by atoms with Gasteiger partial charge in [0, 0.05) is 13.1 Å². The Morgan fingerprint density at radius 1 is 1.33 bits per heavy atom. The van der Waals surface area contributed by atoms with Crippen molar-refractivity contribution < 1.29 is 4.74 Å². The minimum Gasteiger partial charge on any atom is -0.467 e. The van der Waals surface area contributed by atoms with E-state index in [1.54, 1.807) is 0 Å². The Morgan fingerprint density at radius 2 is 2.07 bits per heavy atom. The molecule has 2 rings (SSSR count). The summed E-state index contributed by atoms with van der Waals surface area (Å²) in [7, 11) is 3.49. The van der Waals surface area contributed by atoms with Gasteiger partial charge in [-0.05, 0) is 19.3 Å². The number of nitrogens with zero attached hydrogens (tertiary/aromatic N) is 4. The van der Waals surface area contributed by atoms with Gasteiger partial charge in [-0.25, -0.2) is 0 Å². The van der Waals surface area contributed by atoms with Gasteiger partial charge in [0.05, 0.1) is 7.11 Å². The van der Waals surface area contributed by atoms with E-state index in [1.165, 1.54) is 26.4 Å². The maximum Gasteiger partial charge on any atom is 0.322 e. The quantitative estimate of drug-likeness (QED) is 0.778. The third-order valence-electron chi connectivity index (χ3n) is 2.74. The van der Waals surface area contributed by atoms with Crippen molar-refractivity contribution in [1.29, 1.82) is 0 Å². The standard InChI is InChI=1S/C9H15N5O/c1-14(6-4-3-5-6)8-11-7(10)12-9(13-8)15-2/h6H,3-5H2,1-2H3,(H2,10,11,12,13). The second kappa shape index (κ2) is 3.88. The molecule has 6 heteroatoms. The molecule has 0 unspecified atom stereocenters. The van der Waals surface area contributed by atoms with Crippen LogP contribution in [0.25, 0.3) is 0 Å². The molecule has 0 radical (unpaired) electrons. The Hall–Kier alpha value is -1.59. The summed E-state index contributed by atoms with van der Waals surface area (Å²) in [6, 6.07) is 0.792. The average molecular weight is 209 g/mol. The zero-order chi connectivity index (χ0) is 10.8. The van der Waals surface area contributed by atoms with Gasteiger partial charge in [0.2, 0.25) is 11.9 Å². The second-order valence-corrected chi connectivity index (χ2v) is 3.68. The van der Waals surface area contributed by atoms with Crippen molar-refractivity contribution in [2.45, 2.75) is 25.3 Å². The van der Waals surface area contributed by atoms with Crippen LogP contribution in [0.5, 0.6) is 6.01 Å². The smallest absolute Gasteiger partial charge is 0.322 e. The number of methoxy groups -OCH3 is 1. The van der Waals surface area contributed by atoms with Crippen LogP contribution in [0, 0.1) is 0 Å². The molecule has 2 N–H and O–H groups in total. The number of rotatable bonds is 3. The highest BCUT2D eigenvalue weighted by atomic mass is 16.5. The van der Waals surface area contributed by atoms with Crippen LogP contribution in [0.1, 0.15) is 19.3 Å². The molecule has 1 heterocycles. The van der Waals surface area contributed by atoms with Crippen LogP contribution in [0.2, 0.25) is 0 Å². The number of hydrogen-bond acceptors (Lipinski definition) is 6. The molecule has 15 heavy (non-hydrogen) atoms. The summed E-state index contributed by atoms with van der Waals surface area (Å²) in [6.07, 6.45) is 3.64. The van der Waals surface area contributed by atoms with Crippen LogP contribution in [0.4, 0.5) is 11.9 Å². The Balaban J connectivity index is 2.22. The molecule has 0 aliphatic heterocycles.